The van der Waals surface area contributed by atoms with Gasteiger partial charge in [-0.1, -0.05) is 23.7 Å². The lowest BCUT2D eigenvalue weighted by Crippen LogP contribution is -2.51. The molecular weight excluding hydrogens is 453 g/mol. The third-order valence-corrected chi connectivity index (χ3v) is 5.80. The largest absolute Gasteiger partial charge is 0.339 e. The molecule has 0 spiro atoms. The molecule has 1 fully saturated rings. The first-order valence-corrected chi connectivity index (χ1v) is 11.0. The van der Waals surface area contributed by atoms with Gasteiger partial charge in [-0.3, -0.25) is 24.7 Å². The first kappa shape index (κ1) is 22.3. The number of halogens is 2. The van der Waals surface area contributed by atoms with Crippen molar-refractivity contribution in [2.24, 2.45) is 0 Å². The summed E-state index contributed by atoms with van der Waals surface area (Å²) in [4.78, 5) is 45.9. The molecule has 2 aromatic carbocycles. The van der Waals surface area contributed by atoms with Crippen molar-refractivity contribution in [3.05, 3.63) is 63.9 Å². The van der Waals surface area contributed by atoms with Crippen LogP contribution in [0.15, 0.2) is 53.3 Å². The topological polar surface area (TPSA) is 87.5 Å². The number of alkyl halides is 1. The molecular formula is C22H21Cl2N5O3. The predicted octanol–water partition coefficient (Wildman–Crippen LogP) is 2.17. The van der Waals surface area contributed by atoms with E-state index in [1.807, 2.05) is 4.90 Å². The Labute approximate surface area is 194 Å². The van der Waals surface area contributed by atoms with Crippen molar-refractivity contribution in [1.29, 1.82) is 0 Å². The third kappa shape index (κ3) is 4.77. The smallest absolute Gasteiger partial charge is 0.280 e. The summed E-state index contributed by atoms with van der Waals surface area (Å²) in [5.74, 6) is -0.198. The van der Waals surface area contributed by atoms with Gasteiger partial charge >= 0.3 is 0 Å². The Bertz CT molecular complexity index is 1200. The molecule has 0 bridgehead atoms. The second-order valence-corrected chi connectivity index (χ2v) is 8.13. The van der Waals surface area contributed by atoms with Crippen LogP contribution in [0.3, 0.4) is 0 Å². The van der Waals surface area contributed by atoms with E-state index < -0.39 is 0 Å². The van der Waals surface area contributed by atoms with Crippen molar-refractivity contribution < 1.29 is 9.59 Å². The Hall–Kier alpha value is -2.94. The van der Waals surface area contributed by atoms with Crippen LogP contribution in [0.2, 0.25) is 5.02 Å². The van der Waals surface area contributed by atoms with Gasteiger partial charge in [-0.2, -0.15) is 4.68 Å². The van der Waals surface area contributed by atoms with Crippen molar-refractivity contribution in [3.8, 4) is 11.4 Å². The number of aromatic nitrogens is 2. The van der Waals surface area contributed by atoms with Gasteiger partial charge in [0.25, 0.3) is 11.5 Å². The van der Waals surface area contributed by atoms with Crippen LogP contribution in [0, 0.1) is 0 Å². The molecule has 1 aliphatic rings. The molecule has 0 radical (unpaired) electrons. The van der Waals surface area contributed by atoms with Crippen LogP contribution in [0.25, 0.3) is 22.3 Å². The van der Waals surface area contributed by atoms with Crippen molar-refractivity contribution >= 4 is 45.9 Å². The Morgan fingerprint density at radius 1 is 1.00 bits per heavy atom. The molecule has 0 saturated carbocycles. The number of hydrogen-bond donors (Lipinski definition) is 1. The van der Waals surface area contributed by atoms with Crippen LogP contribution in [-0.2, 0) is 9.59 Å². The standard InChI is InChI=1S/C22H21Cl2N5O3/c23-13-20(31)28-11-9-27(10-12-28)14-19(30)26-29-21(15-5-7-16(24)8-6-15)25-18-4-2-1-3-17(18)22(29)32/h1-8H,9-14H2,(H,26,30). The number of amides is 2. The van der Waals surface area contributed by atoms with Crippen LogP contribution in [-0.4, -0.2) is 69.9 Å². The Kier molecular flexibility index (Phi) is 6.74. The quantitative estimate of drug-likeness (QED) is 0.573. The highest BCUT2D eigenvalue weighted by atomic mass is 35.5. The Balaban J connectivity index is 1.58. The molecule has 1 saturated heterocycles. The number of fused-ring (bicyclic) bond motifs is 1. The van der Waals surface area contributed by atoms with Gasteiger partial charge in [-0.05, 0) is 36.4 Å². The predicted molar refractivity (Wildman–Crippen MR) is 125 cm³/mol. The van der Waals surface area contributed by atoms with E-state index in [9.17, 15) is 14.4 Å². The zero-order chi connectivity index (χ0) is 22.7. The van der Waals surface area contributed by atoms with Gasteiger partial charge in [0.1, 0.15) is 5.88 Å². The summed E-state index contributed by atoms with van der Waals surface area (Å²) in [6, 6.07) is 13.9. The highest BCUT2D eigenvalue weighted by Gasteiger charge is 2.22. The molecule has 8 nitrogen and oxygen atoms in total. The minimum Gasteiger partial charge on any atom is -0.339 e. The number of carbonyl (C=O) groups is 2. The van der Waals surface area contributed by atoms with Crippen LogP contribution < -0.4 is 11.0 Å². The average Bonchev–Trinajstić information content (AvgIpc) is 2.81. The van der Waals surface area contributed by atoms with E-state index in [0.29, 0.717) is 53.5 Å². The van der Waals surface area contributed by atoms with E-state index in [-0.39, 0.29) is 29.8 Å². The lowest BCUT2D eigenvalue weighted by molar-refractivity contribution is -0.130. The van der Waals surface area contributed by atoms with Crippen molar-refractivity contribution in [3.63, 3.8) is 0 Å². The molecule has 4 rings (SSSR count). The number of benzene rings is 2. The number of para-hydroxylation sites is 1. The number of nitrogens with one attached hydrogen (secondary N) is 1. The summed E-state index contributed by atoms with van der Waals surface area (Å²) in [5.41, 5.74) is 3.51. The molecule has 3 aromatic rings. The van der Waals surface area contributed by atoms with Crippen LogP contribution >= 0.6 is 23.2 Å². The van der Waals surface area contributed by atoms with E-state index in [1.54, 1.807) is 53.4 Å². The lowest BCUT2D eigenvalue weighted by atomic mass is 10.2. The molecule has 10 heteroatoms. The van der Waals surface area contributed by atoms with Gasteiger partial charge in [0.05, 0.1) is 17.4 Å². The maximum Gasteiger partial charge on any atom is 0.280 e. The maximum absolute atomic E-state index is 13.2. The van der Waals surface area contributed by atoms with Gasteiger partial charge in [0, 0.05) is 36.8 Å². The highest BCUT2D eigenvalue weighted by Crippen LogP contribution is 2.20. The van der Waals surface area contributed by atoms with E-state index in [2.05, 4.69) is 10.4 Å². The molecule has 2 amide bonds. The minimum atomic E-state index is -0.369. The van der Waals surface area contributed by atoms with E-state index >= 15 is 0 Å². The fraction of sp³-hybridized carbons (Fsp3) is 0.273. The summed E-state index contributed by atoms with van der Waals surface area (Å²) in [7, 11) is 0. The molecule has 0 unspecified atom stereocenters. The second-order valence-electron chi connectivity index (χ2n) is 7.43. The van der Waals surface area contributed by atoms with Gasteiger partial charge in [0.2, 0.25) is 5.91 Å². The molecule has 1 aliphatic heterocycles. The van der Waals surface area contributed by atoms with E-state index in [1.165, 1.54) is 4.68 Å². The Morgan fingerprint density at radius 3 is 2.38 bits per heavy atom. The fourth-order valence-electron chi connectivity index (χ4n) is 3.63. The third-order valence-electron chi connectivity index (χ3n) is 5.32. The zero-order valence-electron chi connectivity index (χ0n) is 17.1. The molecule has 0 aliphatic carbocycles. The normalized spacial score (nSPS) is 14.5. The van der Waals surface area contributed by atoms with Crippen LogP contribution in [0.1, 0.15) is 0 Å². The monoisotopic (exact) mass is 473 g/mol. The molecule has 2 heterocycles. The van der Waals surface area contributed by atoms with Gasteiger partial charge in [0.15, 0.2) is 5.82 Å². The molecule has 0 atom stereocenters. The van der Waals surface area contributed by atoms with Crippen molar-refractivity contribution in [1.82, 2.24) is 19.5 Å². The number of rotatable bonds is 5. The molecule has 1 aromatic heterocycles. The minimum absolute atomic E-state index is 0.0498. The summed E-state index contributed by atoms with van der Waals surface area (Å²) in [6.07, 6.45) is 0. The number of nitrogens with zero attached hydrogens (tertiary/aromatic N) is 4. The highest BCUT2D eigenvalue weighted by molar-refractivity contribution is 6.30. The number of carbonyl (C=O) groups excluding carboxylic acids is 2. The second kappa shape index (κ2) is 9.68. The number of piperazine rings is 1. The summed E-state index contributed by atoms with van der Waals surface area (Å²) < 4.78 is 1.18. The molecule has 166 valence electrons. The van der Waals surface area contributed by atoms with Gasteiger partial charge in [-0.15, -0.1) is 11.6 Å². The lowest BCUT2D eigenvalue weighted by Gasteiger charge is -2.34. The summed E-state index contributed by atoms with van der Waals surface area (Å²) >= 11 is 11.6. The zero-order valence-corrected chi connectivity index (χ0v) is 18.6. The maximum atomic E-state index is 13.2. The Morgan fingerprint density at radius 2 is 1.69 bits per heavy atom. The van der Waals surface area contributed by atoms with Crippen LogP contribution in [0.4, 0.5) is 0 Å². The van der Waals surface area contributed by atoms with Crippen molar-refractivity contribution in [2.45, 2.75) is 0 Å². The SMILES string of the molecule is O=C(CN1CCN(C(=O)CCl)CC1)Nn1c(-c2ccc(Cl)cc2)nc2ccccc2c1=O. The van der Waals surface area contributed by atoms with Crippen molar-refractivity contribution in [2.75, 3.05) is 44.0 Å². The van der Waals surface area contributed by atoms with Gasteiger partial charge in [-0.25, -0.2) is 4.98 Å². The van der Waals surface area contributed by atoms with E-state index in [0.717, 1.165) is 0 Å². The van der Waals surface area contributed by atoms with Gasteiger partial charge < -0.3 is 4.90 Å². The van der Waals surface area contributed by atoms with E-state index in [4.69, 9.17) is 23.2 Å². The fourth-order valence-corrected chi connectivity index (χ4v) is 3.93. The average molecular weight is 474 g/mol. The summed E-state index contributed by atoms with van der Waals surface area (Å²) in [5, 5.41) is 0.956. The molecule has 1 N–H and O–H groups in total. The first-order valence-electron chi connectivity index (χ1n) is 10.1. The molecule has 32 heavy (non-hydrogen) atoms. The first-order chi connectivity index (χ1) is 15.5. The van der Waals surface area contributed by atoms with Crippen LogP contribution in [0.5, 0.6) is 0 Å². The summed E-state index contributed by atoms with van der Waals surface area (Å²) in [6.45, 7) is 2.19. The number of hydrogen-bond acceptors (Lipinski definition) is 5.